The summed E-state index contributed by atoms with van der Waals surface area (Å²) in [6.45, 7) is 4.23. The lowest BCUT2D eigenvalue weighted by molar-refractivity contribution is -0.870. The summed E-state index contributed by atoms with van der Waals surface area (Å²) in [5.74, 6) is -0.791. The van der Waals surface area contributed by atoms with E-state index in [1.54, 1.807) is 0 Å². The quantitative estimate of drug-likeness (QED) is 0.0211. The number of esters is 2. The van der Waals surface area contributed by atoms with Gasteiger partial charge in [-0.2, -0.15) is 0 Å². The predicted molar refractivity (Wildman–Crippen MR) is 381 cm³/mol. The van der Waals surface area contributed by atoms with Crippen LogP contribution in [0.2, 0.25) is 0 Å². The number of nitrogens with zero attached hydrogens (tertiary/aromatic N) is 1. The van der Waals surface area contributed by atoms with Gasteiger partial charge in [0.05, 0.1) is 27.7 Å². The third-order valence-electron chi connectivity index (χ3n) is 15.5. The van der Waals surface area contributed by atoms with Crippen LogP contribution in [0, 0.1) is 0 Å². The molecule has 10 heteroatoms. The highest BCUT2D eigenvalue weighted by Crippen LogP contribution is 2.43. The standard InChI is InChI=1S/C78H136NO8P/c1-6-8-10-12-14-16-18-20-22-24-26-28-30-32-34-36-38-39-41-43-45-47-49-51-53-55-57-59-61-63-65-67-69-71-78(81)87-76(75-86-88(82,83)85-73-72-79(3,4)5)74-84-77(80)70-68-66-64-62-60-58-56-54-52-50-48-46-44-42-40-37-35-33-31-29-27-25-23-21-19-17-15-13-11-9-7-2/h8-11,14-17,20-23,26-29,32-35,76H,6-7,12-13,18-19,24-25,30-31,36-75H2,1-5H3/p+1/b10-8-,11-9-,16-14-,17-15-,22-20-,23-21-,28-26-,29-27-,34-32-,35-33-. The monoisotopic (exact) mass is 1250 g/mol. The molecule has 9 nitrogen and oxygen atoms in total. The largest absolute Gasteiger partial charge is 0.472 e. The van der Waals surface area contributed by atoms with Crippen LogP contribution in [-0.4, -0.2) is 74.9 Å². The van der Waals surface area contributed by atoms with Crippen molar-refractivity contribution in [3.05, 3.63) is 122 Å². The Hall–Kier alpha value is -3.59. The molecule has 0 aromatic heterocycles. The highest BCUT2D eigenvalue weighted by atomic mass is 31.2. The van der Waals surface area contributed by atoms with Gasteiger partial charge in [-0.3, -0.25) is 18.6 Å². The molecule has 88 heavy (non-hydrogen) atoms. The van der Waals surface area contributed by atoms with Crippen molar-refractivity contribution in [2.45, 2.75) is 315 Å². The number of ether oxygens (including phenoxy) is 2. The molecule has 0 spiro atoms. The maximum Gasteiger partial charge on any atom is 0.472 e. The molecule has 0 radical (unpaired) electrons. The first kappa shape index (κ1) is 84.4. The van der Waals surface area contributed by atoms with Gasteiger partial charge in [0.2, 0.25) is 0 Å². The molecule has 2 atom stereocenters. The van der Waals surface area contributed by atoms with Gasteiger partial charge in [0.25, 0.3) is 0 Å². The van der Waals surface area contributed by atoms with Gasteiger partial charge in [-0.05, 0) is 103 Å². The number of rotatable bonds is 66. The van der Waals surface area contributed by atoms with Gasteiger partial charge in [0.1, 0.15) is 19.8 Å². The van der Waals surface area contributed by atoms with Crippen LogP contribution < -0.4 is 0 Å². The number of hydrogen-bond donors (Lipinski definition) is 1. The van der Waals surface area contributed by atoms with Crippen molar-refractivity contribution in [3.8, 4) is 0 Å². The Morgan fingerprint density at radius 1 is 0.352 bits per heavy atom. The normalized spacial score (nSPS) is 13.8. The van der Waals surface area contributed by atoms with Gasteiger partial charge < -0.3 is 18.9 Å². The summed E-state index contributed by atoms with van der Waals surface area (Å²) in [5.41, 5.74) is 0. The lowest BCUT2D eigenvalue weighted by Crippen LogP contribution is -2.37. The Morgan fingerprint density at radius 3 is 0.909 bits per heavy atom. The summed E-state index contributed by atoms with van der Waals surface area (Å²) in [6, 6.07) is 0. The maximum atomic E-state index is 12.9. The van der Waals surface area contributed by atoms with E-state index in [-0.39, 0.29) is 32.0 Å². The summed E-state index contributed by atoms with van der Waals surface area (Å²) in [6.07, 6.45) is 97.4. The van der Waals surface area contributed by atoms with Gasteiger partial charge in [0, 0.05) is 12.8 Å². The van der Waals surface area contributed by atoms with Gasteiger partial charge in [-0.1, -0.05) is 315 Å². The molecular weight excluding hydrogens is 1110 g/mol. The Labute approximate surface area is 543 Å². The first-order valence-electron chi connectivity index (χ1n) is 36.3. The smallest absolute Gasteiger partial charge is 0.462 e. The molecule has 506 valence electrons. The zero-order chi connectivity index (χ0) is 64.1. The van der Waals surface area contributed by atoms with Gasteiger partial charge in [-0.15, -0.1) is 0 Å². The number of carbonyl (C=O) groups excluding carboxylic acids is 2. The Morgan fingerprint density at radius 2 is 0.614 bits per heavy atom. The molecule has 0 heterocycles. The average molecular weight is 1250 g/mol. The SMILES string of the molecule is CC/C=C\C/C=C\C/C=C\C/C=C\C/C=C\CCCCCCCCCCCCCCCCCCCC(=O)OC(COC(=O)CCCCCCCCCCCCCCCCC/C=C\C/C=C\C/C=C\C/C=C\C/C=C\CC)COP(=O)(O)OCC[N+](C)(C)C. The molecular formula is C78H137NO8P+. The summed E-state index contributed by atoms with van der Waals surface area (Å²) >= 11 is 0. The van der Waals surface area contributed by atoms with Crippen molar-refractivity contribution in [2.75, 3.05) is 47.5 Å². The first-order valence-corrected chi connectivity index (χ1v) is 37.8. The van der Waals surface area contributed by atoms with E-state index in [4.69, 9.17) is 18.5 Å². The second-order valence-corrected chi connectivity index (χ2v) is 26.7. The fraction of sp³-hybridized carbons (Fsp3) is 0.718. The zero-order valence-corrected chi connectivity index (χ0v) is 58.6. The lowest BCUT2D eigenvalue weighted by Gasteiger charge is -2.24. The minimum atomic E-state index is -4.40. The molecule has 0 saturated carbocycles. The molecule has 0 aliphatic carbocycles. The molecule has 0 rings (SSSR count). The molecule has 0 bridgehead atoms. The number of phosphoric ester groups is 1. The van der Waals surface area contributed by atoms with Gasteiger partial charge >= 0.3 is 19.8 Å². The minimum absolute atomic E-state index is 0.0288. The van der Waals surface area contributed by atoms with Crippen LogP contribution in [-0.2, 0) is 32.7 Å². The Balaban J connectivity index is 4.02. The average Bonchev–Trinajstić information content (AvgIpc) is 3.56. The highest BCUT2D eigenvalue weighted by molar-refractivity contribution is 7.47. The molecule has 0 fully saturated rings. The fourth-order valence-corrected chi connectivity index (χ4v) is 10.8. The van der Waals surface area contributed by atoms with E-state index >= 15 is 0 Å². The number of quaternary nitrogens is 1. The Bertz CT molecular complexity index is 1900. The van der Waals surface area contributed by atoms with Gasteiger partial charge in [0.15, 0.2) is 6.10 Å². The minimum Gasteiger partial charge on any atom is -0.462 e. The molecule has 0 aliphatic heterocycles. The van der Waals surface area contributed by atoms with Crippen LogP contribution in [0.15, 0.2) is 122 Å². The third kappa shape index (κ3) is 71.5. The molecule has 2 unspecified atom stereocenters. The summed E-state index contributed by atoms with van der Waals surface area (Å²) in [4.78, 5) is 35.9. The number of carbonyl (C=O) groups is 2. The van der Waals surface area contributed by atoms with Crippen molar-refractivity contribution < 1.29 is 42.1 Å². The number of likely N-dealkylation sites (N-methyl/N-ethyl adjacent to an activating group) is 1. The van der Waals surface area contributed by atoms with Crippen molar-refractivity contribution >= 4 is 19.8 Å². The summed E-state index contributed by atoms with van der Waals surface area (Å²) < 4.78 is 34.8. The fourth-order valence-electron chi connectivity index (χ4n) is 10.0. The topological polar surface area (TPSA) is 108 Å². The molecule has 1 N–H and O–H groups in total. The second kappa shape index (κ2) is 67.8. The van der Waals surface area contributed by atoms with Crippen LogP contribution >= 0.6 is 7.82 Å². The zero-order valence-electron chi connectivity index (χ0n) is 57.7. The molecule has 0 aromatic carbocycles. The summed E-state index contributed by atoms with van der Waals surface area (Å²) in [7, 11) is 1.48. The van der Waals surface area contributed by atoms with Crippen LogP contribution in [0.3, 0.4) is 0 Å². The highest BCUT2D eigenvalue weighted by Gasteiger charge is 2.27. The van der Waals surface area contributed by atoms with Crippen LogP contribution in [0.4, 0.5) is 0 Å². The number of allylic oxidation sites excluding steroid dienone is 20. The maximum absolute atomic E-state index is 12.9. The third-order valence-corrected chi connectivity index (χ3v) is 16.5. The molecule has 0 saturated heterocycles. The number of hydrogen-bond acceptors (Lipinski definition) is 7. The van der Waals surface area contributed by atoms with E-state index in [0.29, 0.717) is 17.4 Å². The van der Waals surface area contributed by atoms with E-state index in [0.717, 1.165) is 96.3 Å². The number of unbranched alkanes of at least 4 members (excludes halogenated alkanes) is 32. The van der Waals surface area contributed by atoms with Crippen molar-refractivity contribution in [3.63, 3.8) is 0 Å². The second-order valence-electron chi connectivity index (χ2n) is 25.2. The van der Waals surface area contributed by atoms with Crippen molar-refractivity contribution in [1.29, 1.82) is 0 Å². The van der Waals surface area contributed by atoms with Gasteiger partial charge in [-0.25, -0.2) is 4.57 Å². The van der Waals surface area contributed by atoms with Crippen LogP contribution in [0.5, 0.6) is 0 Å². The lowest BCUT2D eigenvalue weighted by atomic mass is 10.0. The van der Waals surface area contributed by atoms with E-state index < -0.39 is 26.5 Å². The molecule has 0 aliphatic rings. The van der Waals surface area contributed by atoms with Crippen molar-refractivity contribution in [1.82, 2.24) is 0 Å². The van der Waals surface area contributed by atoms with Crippen LogP contribution in [0.25, 0.3) is 0 Å². The number of phosphoric acid groups is 1. The van der Waals surface area contributed by atoms with E-state index in [1.165, 1.54) is 180 Å². The molecule has 0 aromatic rings. The first-order chi connectivity index (χ1) is 43.0. The van der Waals surface area contributed by atoms with E-state index in [1.807, 2.05) is 21.1 Å². The van der Waals surface area contributed by atoms with Crippen LogP contribution in [0.1, 0.15) is 309 Å². The van der Waals surface area contributed by atoms with E-state index in [9.17, 15) is 19.0 Å². The molecule has 0 amide bonds. The van der Waals surface area contributed by atoms with Crippen molar-refractivity contribution in [2.24, 2.45) is 0 Å². The summed E-state index contributed by atoms with van der Waals surface area (Å²) in [5, 5.41) is 0. The Kier molecular flexibility index (Phi) is 65.0. The predicted octanol–water partition coefficient (Wildman–Crippen LogP) is 23.8. The van der Waals surface area contributed by atoms with E-state index in [2.05, 4.69) is 135 Å².